The number of rotatable bonds is 3. The van der Waals surface area contributed by atoms with Gasteiger partial charge in [-0.1, -0.05) is 30.3 Å². The smallest absolute Gasteiger partial charge is 0.412 e. The molecule has 1 fully saturated rings. The number of hydrogen-bond acceptors (Lipinski definition) is 6. The highest BCUT2D eigenvalue weighted by Crippen LogP contribution is 2.52. The van der Waals surface area contributed by atoms with Gasteiger partial charge in [0.25, 0.3) is 0 Å². The van der Waals surface area contributed by atoms with E-state index in [0.29, 0.717) is 5.56 Å². The van der Waals surface area contributed by atoms with Gasteiger partial charge < -0.3 is 14.2 Å². The fourth-order valence-electron chi connectivity index (χ4n) is 2.91. The Morgan fingerprint density at radius 3 is 1.89 bits per heavy atom. The molecule has 0 aromatic heterocycles. The number of carbonyl (C=O) groups is 3. The topological polar surface area (TPSA) is 81.9 Å². The van der Waals surface area contributed by atoms with E-state index in [1.807, 2.05) is 0 Å². The lowest BCUT2D eigenvalue weighted by molar-refractivity contribution is -0.161. The predicted octanol–water partition coefficient (Wildman–Crippen LogP) is 3.02. The summed E-state index contributed by atoms with van der Waals surface area (Å²) in [7, 11) is 1.21. The molecule has 0 unspecified atom stereocenters. The van der Waals surface area contributed by atoms with E-state index in [1.54, 1.807) is 71.9 Å². The molecule has 1 aliphatic rings. The molecule has 7 heteroatoms. The van der Waals surface area contributed by atoms with Crippen LogP contribution in [-0.4, -0.2) is 47.3 Å². The van der Waals surface area contributed by atoms with Crippen molar-refractivity contribution in [2.75, 3.05) is 7.11 Å². The summed E-state index contributed by atoms with van der Waals surface area (Å²) in [6.45, 7) is 10.3. The summed E-state index contributed by atoms with van der Waals surface area (Å²) < 4.78 is 15.8. The van der Waals surface area contributed by atoms with Crippen LogP contribution in [0, 0.1) is 0 Å². The number of amides is 1. The standard InChI is InChI=1S/C20H27NO6/c1-18(2,3)26-16(23)20(13-11-9-8-10-12-13)14(15(22)25-7)21(20)17(24)27-19(4,5)6/h8-12,14H,1-7H3/t14-,20+,21?/m0/s1. The van der Waals surface area contributed by atoms with E-state index in [1.165, 1.54) is 7.11 Å². The Bertz CT molecular complexity index is 731. The van der Waals surface area contributed by atoms with Gasteiger partial charge in [0.1, 0.15) is 11.2 Å². The van der Waals surface area contributed by atoms with Crippen molar-refractivity contribution in [3.05, 3.63) is 35.9 Å². The summed E-state index contributed by atoms with van der Waals surface area (Å²) in [6.07, 6.45) is -0.785. The van der Waals surface area contributed by atoms with Gasteiger partial charge in [-0.05, 0) is 47.1 Å². The number of ether oxygens (including phenoxy) is 3. The van der Waals surface area contributed by atoms with Gasteiger partial charge in [0.15, 0.2) is 6.04 Å². The zero-order valence-electron chi connectivity index (χ0n) is 16.9. The maximum atomic E-state index is 13.2. The van der Waals surface area contributed by atoms with Gasteiger partial charge in [-0.15, -0.1) is 0 Å². The molecule has 1 amide bonds. The molecule has 0 saturated carbocycles. The Balaban J connectivity index is 2.56. The minimum absolute atomic E-state index is 0.459. The van der Waals surface area contributed by atoms with Crippen LogP contribution in [0.25, 0.3) is 0 Å². The lowest BCUT2D eigenvalue weighted by atomic mass is 9.94. The molecule has 2 rings (SSSR count). The molecule has 27 heavy (non-hydrogen) atoms. The van der Waals surface area contributed by atoms with E-state index >= 15 is 0 Å². The maximum Gasteiger partial charge on any atom is 0.412 e. The molecule has 1 aliphatic heterocycles. The van der Waals surface area contributed by atoms with Crippen LogP contribution in [0.3, 0.4) is 0 Å². The second kappa shape index (κ2) is 6.87. The minimum atomic E-state index is -1.62. The molecule has 0 N–H and O–H groups in total. The molecule has 1 heterocycles. The predicted molar refractivity (Wildman–Crippen MR) is 97.8 cm³/mol. The van der Waals surface area contributed by atoms with Gasteiger partial charge in [-0.3, -0.25) is 4.90 Å². The van der Waals surface area contributed by atoms with Crippen molar-refractivity contribution in [2.45, 2.75) is 64.3 Å². The highest BCUT2D eigenvalue weighted by molar-refractivity contribution is 6.04. The van der Waals surface area contributed by atoms with Crippen molar-refractivity contribution < 1.29 is 28.6 Å². The molecule has 0 aliphatic carbocycles. The van der Waals surface area contributed by atoms with Crippen molar-refractivity contribution in [2.24, 2.45) is 0 Å². The third-order valence-electron chi connectivity index (χ3n) is 3.90. The molecule has 148 valence electrons. The van der Waals surface area contributed by atoms with Crippen LogP contribution < -0.4 is 0 Å². The summed E-state index contributed by atoms with van der Waals surface area (Å²) in [5, 5.41) is 0. The van der Waals surface area contributed by atoms with E-state index in [2.05, 4.69) is 0 Å². The molecule has 1 saturated heterocycles. The second-order valence-electron chi connectivity index (χ2n) is 8.41. The summed E-state index contributed by atoms with van der Waals surface area (Å²) in [4.78, 5) is 39.5. The van der Waals surface area contributed by atoms with Crippen LogP contribution in [0.4, 0.5) is 4.79 Å². The first-order chi connectivity index (χ1) is 12.3. The number of carbonyl (C=O) groups excluding carboxylic acids is 3. The first-order valence-electron chi connectivity index (χ1n) is 8.73. The maximum absolute atomic E-state index is 13.2. The molecular formula is C20H27NO6. The molecule has 0 radical (unpaired) electrons. The summed E-state index contributed by atoms with van der Waals surface area (Å²) in [5.74, 6) is -1.42. The summed E-state index contributed by atoms with van der Waals surface area (Å²) in [6, 6.07) is 7.41. The second-order valence-corrected chi connectivity index (χ2v) is 8.41. The first kappa shape index (κ1) is 20.7. The molecule has 1 aromatic rings. The van der Waals surface area contributed by atoms with E-state index < -0.39 is 40.8 Å². The SMILES string of the molecule is COC(=O)[C@@H]1N(C(=O)OC(C)(C)C)[C@]1(C(=O)OC(C)(C)C)c1ccccc1. The van der Waals surface area contributed by atoms with Crippen LogP contribution in [0.2, 0.25) is 0 Å². The van der Waals surface area contributed by atoms with Crippen molar-refractivity contribution in [1.82, 2.24) is 4.90 Å². The van der Waals surface area contributed by atoms with Crippen LogP contribution >= 0.6 is 0 Å². The van der Waals surface area contributed by atoms with Crippen LogP contribution in [0.5, 0.6) is 0 Å². The number of nitrogens with zero attached hydrogens (tertiary/aromatic N) is 1. The largest absolute Gasteiger partial charge is 0.467 e. The molecule has 0 spiro atoms. The average Bonchev–Trinajstić information content (AvgIpc) is 3.23. The molecular weight excluding hydrogens is 350 g/mol. The third-order valence-corrected chi connectivity index (χ3v) is 3.90. The first-order valence-corrected chi connectivity index (χ1v) is 8.73. The average molecular weight is 377 g/mol. The quantitative estimate of drug-likeness (QED) is 0.457. The highest BCUT2D eigenvalue weighted by atomic mass is 16.6. The van der Waals surface area contributed by atoms with Crippen LogP contribution in [0.15, 0.2) is 30.3 Å². The monoisotopic (exact) mass is 377 g/mol. The number of methoxy groups -OCH3 is 1. The fourth-order valence-corrected chi connectivity index (χ4v) is 2.91. The van der Waals surface area contributed by atoms with E-state index in [4.69, 9.17) is 14.2 Å². The third kappa shape index (κ3) is 4.07. The Morgan fingerprint density at radius 2 is 1.44 bits per heavy atom. The normalized spacial score (nSPS) is 22.0. The lowest BCUT2D eigenvalue weighted by Gasteiger charge is -2.25. The van der Waals surface area contributed by atoms with E-state index in [0.717, 1.165) is 4.90 Å². The number of hydrogen-bond donors (Lipinski definition) is 0. The van der Waals surface area contributed by atoms with Gasteiger partial charge in [-0.25, -0.2) is 14.4 Å². The Labute approximate surface area is 159 Å². The van der Waals surface area contributed by atoms with E-state index in [-0.39, 0.29) is 0 Å². The van der Waals surface area contributed by atoms with Gasteiger partial charge in [-0.2, -0.15) is 0 Å². The molecule has 0 bridgehead atoms. The van der Waals surface area contributed by atoms with Gasteiger partial charge >= 0.3 is 18.0 Å². The van der Waals surface area contributed by atoms with Crippen molar-refractivity contribution >= 4 is 18.0 Å². The zero-order valence-corrected chi connectivity index (χ0v) is 16.9. The molecule has 1 aromatic carbocycles. The van der Waals surface area contributed by atoms with Crippen molar-refractivity contribution in [1.29, 1.82) is 0 Å². The van der Waals surface area contributed by atoms with Crippen molar-refractivity contribution in [3.63, 3.8) is 0 Å². The van der Waals surface area contributed by atoms with Gasteiger partial charge in [0.2, 0.25) is 5.54 Å². The number of benzene rings is 1. The van der Waals surface area contributed by atoms with Gasteiger partial charge in [0.05, 0.1) is 7.11 Å². The van der Waals surface area contributed by atoms with Gasteiger partial charge in [0, 0.05) is 0 Å². The van der Waals surface area contributed by atoms with E-state index in [9.17, 15) is 14.4 Å². The Kier molecular flexibility index (Phi) is 5.27. The fraction of sp³-hybridized carbons (Fsp3) is 0.550. The summed E-state index contributed by atoms with van der Waals surface area (Å²) >= 11 is 0. The zero-order chi connectivity index (χ0) is 20.6. The van der Waals surface area contributed by atoms with Crippen LogP contribution in [-0.2, 0) is 29.3 Å². The lowest BCUT2D eigenvalue weighted by Crippen LogP contribution is -2.38. The van der Waals surface area contributed by atoms with Crippen LogP contribution in [0.1, 0.15) is 47.1 Å². The Hall–Kier alpha value is -2.57. The minimum Gasteiger partial charge on any atom is -0.467 e. The Morgan fingerprint density at radius 1 is 0.926 bits per heavy atom. The highest BCUT2D eigenvalue weighted by Gasteiger charge is 2.77. The summed E-state index contributed by atoms with van der Waals surface area (Å²) in [5.41, 5.74) is -2.76. The molecule has 2 atom stereocenters. The number of esters is 2. The van der Waals surface area contributed by atoms with Crippen molar-refractivity contribution in [3.8, 4) is 0 Å². The molecule has 7 nitrogen and oxygen atoms in total.